The van der Waals surface area contributed by atoms with Crippen molar-refractivity contribution >= 4 is 29.0 Å². The van der Waals surface area contributed by atoms with Crippen LogP contribution in [0.15, 0.2) is 65.8 Å². The quantitative estimate of drug-likeness (QED) is 0.355. The number of carbonyl (C=O) groups is 1. The van der Waals surface area contributed by atoms with Gasteiger partial charge in [0.2, 0.25) is 11.1 Å². The van der Waals surface area contributed by atoms with Gasteiger partial charge < -0.3 is 5.32 Å². The molecule has 1 N–H and O–H groups in total. The molecule has 0 unspecified atom stereocenters. The number of aromatic nitrogens is 4. The molecule has 2 aromatic heterocycles. The van der Waals surface area contributed by atoms with Crippen molar-refractivity contribution in [3.05, 3.63) is 72.0 Å². The number of rotatable bonds is 5. The Morgan fingerprint density at radius 2 is 1.74 bits per heavy atom. The second kappa shape index (κ2) is 8.34. The molecular formula is C20H13F4N5OS. The molecule has 11 heteroatoms. The SMILES string of the molecule is O=C(CSc1nnc2ccc(-c3ccc(F)cc3)nn12)Nc1ccccc1C(F)(F)F. The van der Waals surface area contributed by atoms with Gasteiger partial charge >= 0.3 is 6.18 Å². The summed E-state index contributed by atoms with van der Waals surface area (Å²) >= 11 is 0.977. The average molecular weight is 447 g/mol. The van der Waals surface area contributed by atoms with E-state index >= 15 is 0 Å². The molecule has 0 saturated carbocycles. The van der Waals surface area contributed by atoms with Gasteiger partial charge in [-0.05, 0) is 48.5 Å². The maximum Gasteiger partial charge on any atom is 0.418 e. The van der Waals surface area contributed by atoms with Crippen LogP contribution in [0.4, 0.5) is 23.2 Å². The predicted octanol–water partition coefficient (Wildman–Crippen LogP) is 4.68. The van der Waals surface area contributed by atoms with Crippen molar-refractivity contribution in [2.24, 2.45) is 0 Å². The zero-order valence-corrected chi connectivity index (χ0v) is 16.4. The van der Waals surface area contributed by atoms with Crippen molar-refractivity contribution in [2.75, 3.05) is 11.1 Å². The lowest BCUT2D eigenvalue weighted by molar-refractivity contribution is -0.137. The van der Waals surface area contributed by atoms with E-state index in [-0.39, 0.29) is 17.3 Å². The number of alkyl halides is 3. The highest BCUT2D eigenvalue weighted by atomic mass is 32.2. The van der Waals surface area contributed by atoms with E-state index in [9.17, 15) is 22.4 Å². The minimum Gasteiger partial charge on any atom is -0.325 e. The Bertz CT molecular complexity index is 1240. The molecule has 0 radical (unpaired) electrons. The zero-order chi connectivity index (χ0) is 22.0. The molecule has 0 atom stereocenters. The molecule has 0 spiro atoms. The second-order valence-corrected chi connectivity index (χ2v) is 7.30. The number of benzene rings is 2. The summed E-state index contributed by atoms with van der Waals surface area (Å²) in [6.45, 7) is 0. The number of nitrogens with one attached hydrogen (secondary N) is 1. The van der Waals surface area contributed by atoms with Crippen LogP contribution in [0.25, 0.3) is 16.9 Å². The Kier molecular flexibility index (Phi) is 5.59. The Morgan fingerprint density at radius 1 is 1.00 bits per heavy atom. The van der Waals surface area contributed by atoms with Crippen molar-refractivity contribution in [3.8, 4) is 11.3 Å². The maximum absolute atomic E-state index is 13.1. The third kappa shape index (κ3) is 4.66. The van der Waals surface area contributed by atoms with Crippen LogP contribution in [-0.2, 0) is 11.0 Å². The van der Waals surface area contributed by atoms with Crippen LogP contribution in [0.5, 0.6) is 0 Å². The predicted molar refractivity (Wildman–Crippen MR) is 107 cm³/mol. The van der Waals surface area contributed by atoms with Crippen molar-refractivity contribution in [3.63, 3.8) is 0 Å². The van der Waals surface area contributed by atoms with E-state index in [1.165, 1.54) is 34.8 Å². The Balaban J connectivity index is 1.50. The summed E-state index contributed by atoms with van der Waals surface area (Å²) in [5.41, 5.74) is 0.402. The van der Waals surface area contributed by atoms with Gasteiger partial charge in [-0.2, -0.15) is 22.8 Å². The van der Waals surface area contributed by atoms with Gasteiger partial charge in [0.1, 0.15) is 5.82 Å². The number of para-hydroxylation sites is 1. The maximum atomic E-state index is 13.1. The van der Waals surface area contributed by atoms with E-state index in [4.69, 9.17) is 0 Å². The number of amides is 1. The highest BCUT2D eigenvalue weighted by Gasteiger charge is 2.33. The summed E-state index contributed by atoms with van der Waals surface area (Å²) in [7, 11) is 0. The molecule has 1 amide bonds. The number of hydrogen-bond donors (Lipinski definition) is 1. The lowest BCUT2D eigenvalue weighted by Crippen LogP contribution is -2.18. The number of nitrogens with zero attached hydrogens (tertiary/aromatic N) is 4. The number of thioether (sulfide) groups is 1. The Morgan fingerprint density at radius 3 is 2.48 bits per heavy atom. The van der Waals surface area contributed by atoms with Crippen LogP contribution in [0.3, 0.4) is 0 Å². The molecule has 0 bridgehead atoms. The van der Waals surface area contributed by atoms with Crippen molar-refractivity contribution in [1.82, 2.24) is 19.8 Å². The van der Waals surface area contributed by atoms with Crippen molar-refractivity contribution in [1.29, 1.82) is 0 Å². The first kappa shape index (κ1) is 20.8. The third-order valence-electron chi connectivity index (χ3n) is 4.21. The van der Waals surface area contributed by atoms with Crippen molar-refractivity contribution in [2.45, 2.75) is 11.3 Å². The highest BCUT2D eigenvalue weighted by molar-refractivity contribution is 7.99. The second-order valence-electron chi connectivity index (χ2n) is 6.36. The summed E-state index contributed by atoms with van der Waals surface area (Å²) in [6.07, 6.45) is -4.58. The standard InChI is InChI=1S/C20H13F4N5OS/c21-13-7-5-12(6-8-13)15-9-10-17-26-27-19(29(17)28-15)31-11-18(30)25-16-4-2-1-3-14(16)20(22,23)24/h1-10H,11H2,(H,25,30). The fourth-order valence-corrected chi connectivity index (χ4v) is 3.48. The van der Waals surface area contributed by atoms with Gasteiger partial charge in [0.05, 0.1) is 22.7 Å². The van der Waals surface area contributed by atoms with E-state index in [1.807, 2.05) is 0 Å². The number of hydrogen-bond acceptors (Lipinski definition) is 5. The van der Waals surface area contributed by atoms with Gasteiger partial charge in [0, 0.05) is 5.56 Å². The number of anilines is 1. The van der Waals surface area contributed by atoms with E-state index in [2.05, 4.69) is 20.6 Å². The lowest BCUT2D eigenvalue weighted by atomic mass is 10.1. The molecule has 0 saturated heterocycles. The molecule has 4 rings (SSSR count). The molecule has 158 valence electrons. The summed E-state index contributed by atoms with van der Waals surface area (Å²) in [5, 5.41) is 14.9. The number of fused-ring (bicyclic) bond motifs is 1. The third-order valence-corrected chi connectivity index (χ3v) is 5.13. The van der Waals surface area contributed by atoms with Gasteiger partial charge in [-0.15, -0.1) is 10.2 Å². The van der Waals surface area contributed by atoms with Crippen LogP contribution < -0.4 is 5.32 Å². The molecule has 0 aliphatic carbocycles. The highest BCUT2D eigenvalue weighted by Crippen LogP contribution is 2.34. The average Bonchev–Trinajstić information content (AvgIpc) is 3.15. The van der Waals surface area contributed by atoms with Crippen LogP contribution in [-0.4, -0.2) is 31.5 Å². The molecule has 0 aliphatic rings. The molecule has 2 heterocycles. The molecule has 6 nitrogen and oxygen atoms in total. The minimum absolute atomic E-state index is 0.199. The zero-order valence-electron chi connectivity index (χ0n) is 15.6. The van der Waals surface area contributed by atoms with Gasteiger partial charge in [-0.3, -0.25) is 4.79 Å². The van der Waals surface area contributed by atoms with E-state index in [0.717, 1.165) is 17.8 Å². The Labute approximate surface area is 177 Å². The first-order valence-corrected chi connectivity index (χ1v) is 9.87. The Hall–Kier alpha value is -3.47. The van der Waals surface area contributed by atoms with Crippen LogP contribution in [0.2, 0.25) is 0 Å². The molecule has 4 aromatic rings. The fourth-order valence-electron chi connectivity index (χ4n) is 2.79. The summed E-state index contributed by atoms with van der Waals surface area (Å²) in [4.78, 5) is 12.2. The first-order chi connectivity index (χ1) is 14.8. The largest absolute Gasteiger partial charge is 0.418 e. The van der Waals surface area contributed by atoms with Gasteiger partial charge in [-0.1, -0.05) is 23.9 Å². The smallest absolute Gasteiger partial charge is 0.325 e. The first-order valence-electron chi connectivity index (χ1n) is 8.88. The summed E-state index contributed by atoms with van der Waals surface area (Å²) in [6, 6.07) is 13.9. The number of carbonyl (C=O) groups excluding carboxylic acids is 1. The summed E-state index contributed by atoms with van der Waals surface area (Å²) in [5.74, 6) is -1.20. The van der Waals surface area contributed by atoms with Crippen LogP contribution in [0.1, 0.15) is 5.56 Å². The van der Waals surface area contributed by atoms with E-state index in [1.54, 1.807) is 24.3 Å². The topological polar surface area (TPSA) is 72.2 Å². The number of halogens is 4. The molecule has 0 aliphatic heterocycles. The monoisotopic (exact) mass is 447 g/mol. The normalized spacial score (nSPS) is 11.6. The van der Waals surface area contributed by atoms with Gasteiger partial charge in [0.25, 0.3) is 0 Å². The minimum atomic E-state index is -4.58. The van der Waals surface area contributed by atoms with Gasteiger partial charge in [0.15, 0.2) is 5.65 Å². The van der Waals surface area contributed by atoms with E-state index < -0.39 is 17.6 Å². The van der Waals surface area contributed by atoms with Gasteiger partial charge in [-0.25, -0.2) is 4.39 Å². The van der Waals surface area contributed by atoms with Crippen molar-refractivity contribution < 1.29 is 22.4 Å². The fraction of sp³-hybridized carbons (Fsp3) is 0.100. The summed E-state index contributed by atoms with van der Waals surface area (Å²) < 4.78 is 53.8. The lowest BCUT2D eigenvalue weighted by Gasteiger charge is -2.13. The molecule has 2 aromatic carbocycles. The van der Waals surface area contributed by atoms with Crippen LogP contribution in [0, 0.1) is 5.82 Å². The van der Waals surface area contributed by atoms with Crippen LogP contribution >= 0.6 is 11.8 Å². The molecule has 0 fully saturated rings. The molecular weight excluding hydrogens is 434 g/mol. The molecule has 31 heavy (non-hydrogen) atoms. The van der Waals surface area contributed by atoms with E-state index in [0.29, 0.717) is 22.1 Å².